The van der Waals surface area contributed by atoms with Crippen molar-refractivity contribution in [1.29, 1.82) is 0 Å². The molecule has 2 aromatic heterocycles. The van der Waals surface area contributed by atoms with Crippen LogP contribution < -0.4 is 0 Å². The highest BCUT2D eigenvalue weighted by Gasteiger charge is 2.53. The van der Waals surface area contributed by atoms with E-state index in [2.05, 4.69) is 44.3 Å². The van der Waals surface area contributed by atoms with Gasteiger partial charge in [-0.25, -0.2) is 4.98 Å². The Kier molecular flexibility index (Phi) is 5.07. The molecule has 1 aliphatic heterocycles. The fraction of sp³-hybridized carbons (Fsp3) is 0.417. The van der Waals surface area contributed by atoms with Gasteiger partial charge in [0, 0.05) is 43.4 Å². The fourth-order valence-corrected chi connectivity index (χ4v) is 4.98. The summed E-state index contributed by atoms with van der Waals surface area (Å²) in [6.45, 7) is 1.60. The van der Waals surface area contributed by atoms with E-state index in [0.29, 0.717) is 12.2 Å². The van der Waals surface area contributed by atoms with E-state index in [0.717, 1.165) is 50.2 Å². The Hall–Kier alpha value is -3.02. The van der Waals surface area contributed by atoms with Crippen molar-refractivity contribution in [2.24, 2.45) is 5.41 Å². The molecule has 5 rings (SSSR count). The number of carbonyl (C=O) groups is 1. The first-order valence-corrected chi connectivity index (χ1v) is 10.9. The minimum atomic E-state index is 0.171. The monoisotopic (exact) mass is 401 g/mol. The van der Waals surface area contributed by atoms with E-state index in [1.807, 2.05) is 18.2 Å². The van der Waals surface area contributed by atoms with Crippen LogP contribution in [0.3, 0.4) is 0 Å². The van der Waals surface area contributed by atoms with Crippen LogP contribution in [-0.2, 0) is 11.2 Å². The molecule has 6 heteroatoms. The van der Waals surface area contributed by atoms with Gasteiger partial charge in [-0.3, -0.25) is 14.9 Å². The number of amides is 1. The number of H-pyrrole nitrogens is 1. The van der Waals surface area contributed by atoms with Crippen molar-refractivity contribution in [3.8, 4) is 11.4 Å². The van der Waals surface area contributed by atoms with Crippen LogP contribution in [0.15, 0.2) is 54.9 Å². The second-order valence-electron chi connectivity index (χ2n) is 8.66. The summed E-state index contributed by atoms with van der Waals surface area (Å²) < 4.78 is 0. The third kappa shape index (κ3) is 3.62. The Morgan fingerprint density at radius 3 is 2.67 bits per heavy atom. The summed E-state index contributed by atoms with van der Waals surface area (Å²) >= 11 is 0. The molecule has 3 aromatic rings. The molecule has 154 valence electrons. The maximum Gasteiger partial charge on any atom is 0.222 e. The number of nitrogens with one attached hydrogen (secondary N) is 1. The lowest BCUT2D eigenvalue weighted by atomic mass is 9.62. The van der Waals surface area contributed by atoms with Gasteiger partial charge in [0.2, 0.25) is 5.91 Å². The molecule has 0 bridgehead atoms. The molecule has 1 spiro atoms. The zero-order chi connectivity index (χ0) is 20.4. The average molecular weight is 402 g/mol. The Labute approximate surface area is 176 Å². The van der Waals surface area contributed by atoms with Gasteiger partial charge in [0.25, 0.3) is 0 Å². The molecule has 0 radical (unpaired) electrons. The molecule has 6 nitrogen and oxygen atoms in total. The molecular weight excluding hydrogens is 374 g/mol. The van der Waals surface area contributed by atoms with Crippen molar-refractivity contribution in [2.75, 3.05) is 13.1 Å². The molecule has 2 aliphatic rings. The maximum absolute atomic E-state index is 12.9. The molecule has 30 heavy (non-hydrogen) atoms. The molecule has 1 aliphatic carbocycles. The third-order valence-electron chi connectivity index (χ3n) is 6.82. The van der Waals surface area contributed by atoms with Crippen LogP contribution in [-0.4, -0.2) is 44.1 Å². The van der Waals surface area contributed by atoms with E-state index in [1.54, 1.807) is 12.4 Å². The molecule has 1 N–H and O–H groups in total. The quantitative estimate of drug-likeness (QED) is 0.678. The largest absolute Gasteiger partial charge is 0.341 e. The van der Waals surface area contributed by atoms with Gasteiger partial charge in [-0.1, -0.05) is 36.8 Å². The van der Waals surface area contributed by atoms with Gasteiger partial charge in [0.15, 0.2) is 5.82 Å². The first-order chi connectivity index (χ1) is 14.7. The molecule has 1 unspecified atom stereocenters. The number of aromatic nitrogens is 4. The number of hydrogen-bond donors (Lipinski definition) is 1. The summed E-state index contributed by atoms with van der Waals surface area (Å²) in [5.74, 6) is 2.14. The number of carbonyl (C=O) groups excluding carboxylic acids is 1. The highest BCUT2D eigenvalue weighted by atomic mass is 16.2. The summed E-state index contributed by atoms with van der Waals surface area (Å²) in [5, 5.41) is 7.61. The summed E-state index contributed by atoms with van der Waals surface area (Å²) in [5.41, 5.74) is 2.43. The SMILES string of the molecule is O=C(CCCc1ccccc1)N1CC(c2nc(-c3ccncc3)n[nH]2)C2(CCC2)C1. The van der Waals surface area contributed by atoms with E-state index < -0.39 is 0 Å². The van der Waals surface area contributed by atoms with E-state index in [-0.39, 0.29) is 17.2 Å². The van der Waals surface area contributed by atoms with Gasteiger partial charge in [-0.15, -0.1) is 0 Å². The van der Waals surface area contributed by atoms with Gasteiger partial charge >= 0.3 is 0 Å². The van der Waals surface area contributed by atoms with Gasteiger partial charge in [0.1, 0.15) is 5.82 Å². The minimum absolute atomic E-state index is 0.171. The topological polar surface area (TPSA) is 74.8 Å². The number of nitrogens with zero attached hydrogens (tertiary/aromatic N) is 4. The highest BCUT2D eigenvalue weighted by molar-refractivity contribution is 5.76. The molecule has 2 fully saturated rings. The van der Waals surface area contributed by atoms with Crippen LogP contribution >= 0.6 is 0 Å². The van der Waals surface area contributed by atoms with Gasteiger partial charge < -0.3 is 4.90 Å². The standard InChI is InChI=1S/C24H27N5O/c30-21(9-4-8-18-6-2-1-3-7-18)29-16-20(24(17-29)12-5-13-24)23-26-22(27-28-23)19-10-14-25-15-11-19/h1-3,6-7,10-11,14-15,20H,4-5,8-9,12-13,16-17H2,(H,26,27,28). The first-order valence-electron chi connectivity index (χ1n) is 10.9. The smallest absolute Gasteiger partial charge is 0.222 e. The first kappa shape index (κ1) is 19.0. The molecule has 1 saturated carbocycles. The molecule has 1 saturated heterocycles. The number of pyridine rings is 1. The van der Waals surface area contributed by atoms with E-state index in [4.69, 9.17) is 4.98 Å². The van der Waals surface area contributed by atoms with Gasteiger partial charge in [0.05, 0.1) is 0 Å². The molecule has 1 atom stereocenters. The predicted octanol–water partition coefficient (Wildman–Crippen LogP) is 3.99. The lowest BCUT2D eigenvalue weighted by Gasteiger charge is -2.41. The number of aromatic amines is 1. The second kappa shape index (κ2) is 8.01. The molecule has 1 amide bonds. The predicted molar refractivity (Wildman–Crippen MR) is 115 cm³/mol. The Bertz CT molecular complexity index is 997. The van der Waals surface area contributed by atoms with Crippen molar-refractivity contribution in [1.82, 2.24) is 25.1 Å². The zero-order valence-electron chi connectivity index (χ0n) is 17.1. The van der Waals surface area contributed by atoms with Crippen molar-refractivity contribution in [2.45, 2.75) is 44.4 Å². The van der Waals surface area contributed by atoms with Crippen molar-refractivity contribution in [3.63, 3.8) is 0 Å². The van der Waals surface area contributed by atoms with Crippen LogP contribution in [0.2, 0.25) is 0 Å². The molecule has 1 aromatic carbocycles. The number of hydrogen-bond acceptors (Lipinski definition) is 4. The second-order valence-corrected chi connectivity index (χ2v) is 8.66. The lowest BCUT2D eigenvalue weighted by molar-refractivity contribution is -0.130. The van der Waals surface area contributed by atoms with Crippen LogP contribution in [0.1, 0.15) is 49.4 Å². The Balaban J connectivity index is 1.25. The summed E-state index contributed by atoms with van der Waals surface area (Å²) in [6, 6.07) is 14.2. The zero-order valence-corrected chi connectivity index (χ0v) is 17.1. The fourth-order valence-electron chi connectivity index (χ4n) is 4.98. The van der Waals surface area contributed by atoms with E-state index >= 15 is 0 Å². The maximum atomic E-state index is 12.9. The summed E-state index contributed by atoms with van der Waals surface area (Å²) in [4.78, 5) is 23.9. The van der Waals surface area contributed by atoms with Crippen LogP contribution in [0.25, 0.3) is 11.4 Å². The molecular formula is C24H27N5O. The number of rotatable bonds is 6. The number of aryl methyl sites for hydroxylation is 1. The Morgan fingerprint density at radius 1 is 1.13 bits per heavy atom. The van der Waals surface area contributed by atoms with Crippen LogP contribution in [0, 0.1) is 5.41 Å². The van der Waals surface area contributed by atoms with Gasteiger partial charge in [-0.2, -0.15) is 5.10 Å². The van der Waals surface area contributed by atoms with Gasteiger partial charge in [-0.05, 0) is 48.8 Å². The highest BCUT2D eigenvalue weighted by Crippen LogP contribution is 2.55. The van der Waals surface area contributed by atoms with Crippen molar-refractivity contribution < 1.29 is 4.79 Å². The van der Waals surface area contributed by atoms with Crippen molar-refractivity contribution >= 4 is 5.91 Å². The summed E-state index contributed by atoms with van der Waals surface area (Å²) in [7, 11) is 0. The van der Waals surface area contributed by atoms with E-state index in [1.165, 1.54) is 12.0 Å². The average Bonchev–Trinajstić information content (AvgIpc) is 3.40. The Morgan fingerprint density at radius 2 is 1.93 bits per heavy atom. The lowest BCUT2D eigenvalue weighted by Crippen LogP contribution is -2.38. The third-order valence-corrected chi connectivity index (χ3v) is 6.82. The summed E-state index contributed by atoms with van der Waals surface area (Å²) in [6.07, 6.45) is 9.52. The normalized spacial score (nSPS) is 19.7. The van der Waals surface area contributed by atoms with E-state index in [9.17, 15) is 4.79 Å². The van der Waals surface area contributed by atoms with Crippen LogP contribution in [0.4, 0.5) is 0 Å². The van der Waals surface area contributed by atoms with Crippen molar-refractivity contribution in [3.05, 3.63) is 66.2 Å². The number of likely N-dealkylation sites (tertiary alicyclic amines) is 1. The number of benzene rings is 1. The molecule has 3 heterocycles. The van der Waals surface area contributed by atoms with Crippen LogP contribution in [0.5, 0.6) is 0 Å². The minimum Gasteiger partial charge on any atom is -0.341 e.